The van der Waals surface area contributed by atoms with Crippen molar-refractivity contribution in [2.75, 3.05) is 23.7 Å². The van der Waals surface area contributed by atoms with Gasteiger partial charge in [-0.2, -0.15) is 4.98 Å². The zero-order chi connectivity index (χ0) is 13.7. The van der Waals surface area contributed by atoms with E-state index in [9.17, 15) is 0 Å². The van der Waals surface area contributed by atoms with Crippen molar-refractivity contribution in [3.8, 4) is 0 Å². The van der Waals surface area contributed by atoms with Gasteiger partial charge in [0, 0.05) is 26.4 Å². The number of nitrogens with zero attached hydrogens (tertiary/aromatic N) is 4. The molecule has 2 aromatic rings. The van der Waals surface area contributed by atoms with E-state index in [1.807, 2.05) is 6.92 Å². The average Bonchev–Trinajstić information content (AvgIpc) is 2.80. The van der Waals surface area contributed by atoms with Crippen LogP contribution in [0, 0.1) is 6.92 Å². The van der Waals surface area contributed by atoms with Crippen molar-refractivity contribution in [2.24, 2.45) is 0 Å². The van der Waals surface area contributed by atoms with E-state index < -0.39 is 0 Å². The van der Waals surface area contributed by atoms with E-state index in [0.29, 0.717) is 24.7 Å². The van der Waals surface area contributed by atoms with Gasteiger partial charge < -0.3 is 15.2 Å². The Morgan fingerprint density at radius 2 is 2.00 bits per heavy atom. The van der Waals surface area contributed by atoms with E-state index >= 15 is 0 Å². The fraction of sp³-hybridized carbons (Fsp3) is 0.455. The molecule has 2 aromatic heterocycles. The third kappa shape index (κ3) is 3.63. The lowest BCUT2D eigenvalue weighted by Gasteiger charge is -2.09. The number of nitrogens with one attached hydrogen (secondary N) is 2. The van der Waals surface area contributed by atoms with Crippen molar-refractivity contribution in [3.05, 3.63) is 22.5 Å². The van der Waals surface area contributed by atoms with Crippen molar-refractivity contribution in [1.82, 2.24) is 20.1 Å². The van der Waals surface area contributed by atoms with Crippen LogP contribution in [0.2, 0.25) is 0 Å². The van der Waals surface area contributed by atoms with Gasteiger partial charge in [-0.05, 0) is 22.9 Å². The largest absolute Gasteiger partial charge is 0.369 e. The molecule has 0 aromatic carbocycles. The highest BCUT2D eigenvalue weighted by atomic mass is 79.9. The van der Waals surface area contributed by atoms with E-state index in [1.165, 1.54) is 6.33 Å². The van der Waals surface area contributed by atoms with Crippen molar-refractivity contribution in [2.45, 2.75) is 20.3 Å². The molecule has 0 fully saturated rings. The SMILES string of the molecule is CCNc1ncnc(NCCc2noc(C)n2)c1Br. The summed E-state index contributed by atoms with van der Waals surface area (Å²) in [5.74, 6) is 2.77. The van der Waals surface area contributed by atoms with Crippen LogP contribution in [0.4, 0.5) is 11.6 Å². The highest BCUT2D eigenvalue weighted by Gasteiger charge is 2.08. The van der Waals surface area contributed by atoms with E-state index in [1.54, 1.807) is 6.92 Å². The fourth-order valence-corrected chi connectivity index (χ4v) is 2.00. The third-order valence-electron chi connectivity index (χ3n) is 2.34. The van der Waals surface area contributed by atoms with E-state index in [2.05, 4.69) is 46.7 Å². The number of rotatable bonds is 6. The Morgan fingerprint density at radius 1 is 1.26 bits per heavy atom. The van der Waals surface area contributed by atoms with Crippen LogP contribution in [-0.4, -0.2) is 33.2 Å². The van der Waals surface area contributed by atoms with E-state index in [0.717, 1.165) is 22.7 Å². The van der Waals surface area contributed by atoms with Crippen LogP contribution in [0.15, 0.2) is 15.3 Å². The summed E-state index contributed by atoms with van der Waals surface area (Å²) in [6.07, 6.45) is 2.19. The van der Waals surface area contributed by atoms with Gasteiger partial charge in [0.25, 0.3) is 0 Å². The second-order valence-corrected chi connectivity index (χ2v) is 4.61. The smallest absolute Gasteiger partial charge is 0.223 e. The summed E-state index contributed by atoms with van der Waals surface area (Å²) in [5, 5.41) is 10.2. The molecule has 0 spiro atoms. The summed E-state index contributed by atoms with van der Waals surface area (Å²) in [4.78, 5) is 12.5. The molecule has 7 nitrogen and oxygen atoms in total. The van der Waals surface area contributed by atoms with Gasteiger partial charge in [-0.25, -0.2) is 9.97 Å². The van der Waals surface area contributed by atoms with E-state index in [4.69, 9.17) is 4.52 Å². The predicted molar refractivity (Wildman–Crippen MR) is 75.1 cm³/mol. The van der Waals surface area contributed by atoms with Gasteiger partial charge in [0.05, 0.1) is 0 Å². The summed E-state index contributed by atoms with van der Waals surface area (Å²) >= 11 is 3.47. The van der Waals surface area contributed by atoms with Crippen LogP contribution >= 0.6 is 15.9 Å². The Kier molecular flexibility index (Phi) is 4.67. The number of aryl methyl sites for hydroxylation is 1. The van der Waals surface area contributed by atoms with Crippen LogP contribution in [-0.2, 0) is 6.42 Å². The molecular weight excluding hydrogens is 312 g/mol. The molecule has 8 heteroatoms. The molecule has 0 bridgehead atoms. The van der Waals surface area contributed by atoms with Crippen LogP contribution in [0.3, 0.4) is 0 Å². The predicted octanol–water partition coefficient (Wildman–Crippen LogP) is 2.02. The van der Waals surface area contributed by atoms with Crippen molar-refractivity contribution >= 4 is 27.6 Å². The van der Waals surface area contributed by atoms with Gasteiger partial charge in [0.1, 0.15) is 22.4 Å². The van der Waals surface area contributed by atoms with Crippen LogP contribution in [0.5, 0.6) is 0 Å². The molecular formula is C11H15BrN6O. The quantitative estimate of drug-likeness (QED) is 0.839. The maximum absolute atomic E-state index is 4.91. The minimum Gasteiger partial charge on any atom is -0.369 e. The Morgan fingerprint density at radius 3 is 2.63 bits per heavy atom. The number of halogens is 1. The molecule has 0 atom stereocenters. The molecule has 0 aliphatic rings. The standard InChI is InChI=1S/C11H15BrN6O/c1-3-13-10-9(12)11(16-6-15-10)14-5-4-8-17-7(2)19-18-8/h6H,3-5H2,1-2H3,(H2,13,14,15,16). The second-order valence-electron chi connectivity index (χ2n) is 3.82. The first kappa shape index (κ1) is 13.7. The summed E-state index contributed by atoms with van der Waals surface area (Å²) in [7, 11) is 0. The van der Waals surface area contributed by atoms with Gasteiger partial charge in [-0.3, -0.25) is 0 Å². The van der Waals surface area contributed by atoms with E-state index in [-0.39, 0.29) is 0 Å². The molecule has 19 heavy (non-hydrogen) atoms. The molecule has 0 aliphatic carbocycles. The normalized spacial score (nSPS) is 10.5. The molecule has 0 unspecified atom stereocenters. The Labute approximate surface area is 119 Å². The Balaban J connectivity index is 1.94. The summed E-state index contributed by atoms with van der Waals surface area (Å²) in [6, 6.07) is 0. The topological polar surface area (TPSA) is 88.8 Å². The van der Waals surface area contributed by atoms with Crippen LogP contribution in [0.1, 0.15) is 18.6 Å². The minimum absolute atomic E-state index is 0.577. The average molecular weight is 327 g/mol. The first-order valence-electron chi connectivity index (χ1n) is 5.98. The molecule has 2 rings (SSSR count). The van der Waals surface area contributed by atoms with Gasteiger partial charge >= 0.3 is 0 Å². The number of anilines is 2. The molecule has 102 valence electrons. The fourth-order valence-electron chi connectivity index (χ4n) is 1.52. The van der Waals surface area contributed by atoms with Crippen LogP contribution in [0.25, 0.3) is 0 Å². The third-order valence-corrected chi connectivity index (χ3v) is 3.10. The van der Waals surface area contributed by atoms with Gasteiger partial charge in [-0.15, -0.1) is 0 Å². The lowest BCUT2D eigenvalue weighted by Crippen LogP contribution is -2.10. The maximum Gasteiger partial charge on any atom is 0.223 e. The highest BCUT2D eigenvalue weighted by molar-refractivity contribution is 9.10. The maximum atomic E-state index is 4.91. The first-order chi connectivity index (χ1) is 9.20. The second kappa shape index (κ2) is 6.46. The molecule has 0 aliphatic heterocycles. The molecule has 2 heterocycles. The van der Waals surface area contributed by atoms with Crippen molar-refractivity contribution in [3.63, 3.8) is 0 Å². The van der Waals surface area contributed by atoms with Crippen molar-refractivity contribution < 1.29 is 4.52 Å². The number of hydrogen-bond acceptors (Lipinski definition) is 7. The van der Waals surface area contributed by atoms with Crippen LogP contribution < -0.4 is 10.6 Å². The molecule has 0 saturated carbocycles. The van der Waals surface area contributed by atoms with Gasteiger partial charge in [0.2, 0.25) is 5.89 Å². The van der Waals surface area contributed by atoms with Gasteiger partial charge in [-0.1, -0.05) is 5.16 Å². The summed E-state index contributed by atoms with van der Waals surface area (Å²) in [6.45, 7) is 5.26. The monoisotopic (exact) mass is 326 g/mol. The minimum atomic E-state index is 0.577. The number of aromatic nitrogens is 4. The molecule has 0 saturated heterocycles. The first-order valence-corrected chi connectivity index (χ1v) is 6.77. The van der Waals surface area contributed by atoms with Crippen molar-refractivity contribution in [1.29, 1.82) is 0 Å². The lowest BCUT2D eigenvalue weighted by molar-refractivity contribution is 0.387. The van der Waals surface area contributed by atoms with Gasteiger partial charge in [0.15, 0.2) is 5.82 Å². The molecule has 2 N–H and O–H groups in total. The summed E-state index contributed by atoms with van der Waals surface area (Å²) in [5.41, 5.74) is 0. The zero-order valence-corrected chi connectivity index (χ0v) is 12.4. The molecule has 0 radical (unpaired) electrons. The summed E-state index contributed by atoms with van der Waals surface area (Å²) < 4.78 is 5.73. The Hall–Kier alpha value is -1.70. The number of hydrogen-bond donors (Lipinski definition) is 2. The molecule has 0 amide bonds. The highest BCUT2D eigenvalue weighted by Crippen LogP contribution is 2.26. The Bertz CT molecular complexity index is 544. The lowest BCUT2D eigenvalue weighted by atomic mass is 10.4. The zero-order valence-electron chi connectivity index (χ0n) is 10.8.